The SMILES string of the molecule is CCCN(CCCCNC(=O)c1cc2ccccc2[nH]1)CC1CC1c1cc(F)ccc1OC. The normalized spacial score (nSPS) is 17.5. The van der Waals surface area contributed by atoms with Crippen molar-refractivity contribution in [3.8, 4) is 5.75 Å². The molecule has 1 saturated carbocycles. The summed E-state index contributed by atoms with van der Waals surface area (Å²) >= 11 is 0. The van der Waals surface area contributed by atoms with Gasteiger partial charge >= 0.3 is 0 Å². The van der Waals surface area contributed by atoms with E-state index in [-0.39, 0.29) is 11.7 Å². The Morgan fingerprint density at radius 3 is 2.82 bits per heavy atom. The molecule has 2 aromatic carbocycles. The van der Waals surface area contributed by atoms with E-state index in [1.165, 1.54) is 6.07 Å². The summed E-state index contributed by atoms with van der Waals surface area (Å²) < 4.78 is 19.2. The van der Waals surface area contributed by atoms with Crippen LogP contribution >= 0.6 is 0 Å². The second-order valence-electron chi connectivity index (χ2n) is 9.02. The second-order valence-corrected chi connectivity index (χ2v) is 9.02. The third-order valence-corrected chi connectivity index (χ3v) is 6.51. The number of amides is 1. The fourth-order valence-electron chi connectivity index (χ4n) is 4.72. The number of para-hydroxylation sites is 1. The van der Waals surface area contributed by atoms with Crippen molar-refractivity contribution in [3.63, 3.8) is 0 Å². The van der Waals surface area contributed by atoms with Crippen molar-refractivity contribution in [2.24, 2.45) is 5.92 Å². The summed E-state index contributed by atoms with van der Waals surface area (Å²) in [4.78, 5) is 18.1. The van der Waals surface area contributed by atoms with E-state index in [0.29, 0.717) is 24.1 Å². The maximum absolute atomic E-state index is 13.7. The Morgan fingerprint density at radius 1 is 1.18 bits per heavy atom. The number of aromatic nitrogens is 1. The zero-order valence-electron chi connectivity index (χ0n) is 19.6. The number of halogens is 1. The zero-order valence-corrected chi connectivity index (χ0v) is 19.6. The standard InChI is InChI=1S/C27H34FN3O2/c1-3-13-31(18-20-15-22(20)23-17-21(28)10-11-26(23)33-2)14-7-6-12-29-27(32)25-16-19-8-4-5-9-24(19)30-25/h4-5,8-11,16-17,20,22,30H,3,6-7,12-15,18H2,1-2H3,(H,29,32). The minimum atomic E-state index is -0.198. The molecule has 2 atom stereocenters. The molecule has 3 aromatic rings. The molecule has 0 saturated heterocycles. The molecule has 1 heterocycles. The number of fused-ring (bicyclic) bond motifs is 1. The number of carbonyl (C=O) groups is 1. The number of unbranched alkanes of at least 4 members (excludes halogenated alkanes) is 1. The summed E-state index contributed by atoms with van der Waals surface area (Å²) in [6, 6.07) is 14.6. The first-order valence-corrected chi connectivity index (χ1v) is 12.0. The number of rotatable bonds is 12. The summed E-state index contributed by atoms with van der Waals surface area (Å²) in [7, 11) is 1.65. The number of H-pyrrole nitrogens is 1. The fraction of sp³-hybridized carbons (Fsp3) is 0.444. The molecular weight excluding hydrogens is 417 g/mol. The van der Waals surface area contributed by atoms with Gasteiger partial charge in [0.25, 0.3) is 5.91 Å². The molecule has 33 heavy (non-hydrogen) atoms. The van der Waals surface area contributed by atoms with E-state index in [4.69, 9.17) is 4.74 Å². The van der Waals surface area contributed by atoms with Crippen LogP contribution in [-0.4, -0.2) is 49.1 Å². The molecule has 1 aliphatic carbocycles. The minimum absolute atomic E-state index is 0.0542. The Morgan fingerprint density at radius 2 is 2.03 bits per heavy atom. The average molecular weight is 452 g/mol. The van der Waals surface area contributed by atoms with E-state index < -0.39 is 0 Å². The largest absolute Gasteiger partial charge is 0.496 e. The van der Waals surface area contributed by atoms with Gasteiger partial charge < -0.3 is 19.9 Å². The summed E-state index contributed by atoms with van der Waals surface area (Å²) in [5, 5.41) is 4.08. The topological polar surface area (TPSA) is 57.4 Å². The van der Waals surface area contributed by atoms with Gasteiger partial charge in [0.2, 0.25) is 0 Å². The van der Waals surface area contributed by atoms with E-state index in [0.717, 1.165) is 67.5 Å². The number of hydrogen-bond acceptors (Lipinski definition) is 3. The molecular formula is C27H34FN3O2. The van der Waals surface area contributed by atoms with Gasteiger partial charge in [-0.05, 0) is 80.9 Å². The quantitative estimate of drug-likeness (QED) is 0.366. The monoisotopic (exact) mass is 451 g/mol. The number of ether oxygens (including phenoxy) is 1. The van der Waals surface area contributed by atoms with Gasteiger partial charge in [0, 0.05) is 29.6 Å². The molecule has 1 amide bonds. The highest BCUT2D eigenvalue weighted by Gasteiger charge is 2.40. The van der Waals surface area contributed by atoms with Crippen molar-refractivity contribution in [2.45, 2.75) is 38.5 Å². The molecule has 0 bridgehead atoms. The van der Waals surface area contributed by atoms with Crippen LogP contribution in [0.25, 0.3) is 10.9 Å². The molecule has 0 spiro atoms. The molecule has 176 valence electrons. The van der Waals surface area contributed by atoms with E-state index in [2.05, 4.69) is 22.1 Å². The number of nitrogens with zero attached hydrogens (tertiary/aromatic N) is 1. The minimum Gasteiger partial charge on any atom is -0.496 e. The zero-order chi connectivity index (χ0) is 23.2. The number of carbonyl (C=O) groups excluding carboxylic acids is 1. The second kappa shape index (κ2) is 10.8. The highest BCUT2D eigenvalue weighted by molar-refractivity contribution is 5.97. The van der Waals surface area contributed by atoms with Gasteiger partial charge in [-0.3, -0.25) is 4.79 Å². The van der Waals surface area contributed by atoms with Crippen molar-refractivity contribution in [1.82, 2.24) is 15.2 Å². The first-order chi connectivity index (χ1) is 16.1. The third kappa shape index (κ3) is 5.93. The molecule has 0 aliphatic heterocycles. The van der Waals surface area contributed by atoms with Crippen LogP contribution in [0.1, 0.15) is 54.6 Å². The first kappa shape index (κ1) is 23.3. The Hall–Kier alpha value is -2.86. The van der Waals surface area contributed by atoms with Crippen LogP contribution < -0.4 is 10.1 Å². The van der Waals surface area contributed by atoms with Crippen LogP contribution in [0.4, 0.5) is 4.39 Å². The molecule has 4 rings (SSSR count). The smallest absolute Gasteiger partial charge is 0.267 e. The van der Waals surface area contributed by atoms with Crippen molar-refractivity contribution in [1.29, 1.82) is 0 Å². The maximum atomic E-state index is 13.7. The lowest BCUT2D eigenvalue weighted by molar-refractivity contribution is 0.0948. The lowest BCUT2D eigenvalue weighted by atomic mass is 10.1. The van der Waals surface area contributed by atoms with Crippen LogP contribution in [0.5, 0.6) is 5.75 Å². The number of nitrogens with one attached hydrogen (secondary N) is 2. The van der Waals surface area contributed by atoms with Crippen molar-refractivity contribution in [2.75, 3.05) is 33.3 Å². The van der Waals surface area contributed by atoms with Crippen molar-refractivity contribution < 1.29 is 13.9 Å². The lowest BCUT2D eigenvalue weighted by Gasteiger charge is -2.22. The Labute approximate surface area is 195 Å². The van der Waals surface area contributed by atoms with E-state index in [9.17, 15) is 9.18 Å². The molecule has 1 aliphatic rings. The number of aromatic amines is 1. The predicted octanol–water partition coefficient (Wildman–Crippen LogP) is 5.34. The molecule has 2 N–H and O–H groups in total. The highest BCUT2D eigenvalue weighted by atomic mass is 19.1. The van der Waals surface area contributed by atoms with Crippen molar-refractivity contribution >= 4 is 16.8 Å². The highest BCUT2D eigenvalue weighted by Crippen LogP contribution is 2.50. The summed E-state index contributed by atoms with van der Waals surface area (Å²) in [5.41, 5.74) is 2.59. The van der Waals surface area contributed by atoms with Crippen LogP contribution in [0.2, 0.25) is 0 Å². The van der Waals surface area contributed by atoms with Gasteiger partial charge in [0.15, 0.2) is 0 Å². The summed E-state index contributed by atoms with van der Waals surface area (Å²) in [6.45, 7) is 5.97. The van der Waals surface area contributed by atoms with Crippen LogP contribution in [0, 0.1) is 11.7 Å². The number of benzene rings is 2. The van der Waals surface area contributed by atoms with Gasteiger partial charge in [-0.25, -0.2) is 4.39 Å². The van der Waals surface area contributed by atoms with Crippen LogP contribution in [0.3, 0.4) is 0 Å². The van der Waals surface area contributed by atoms with Gasteiger partial charge in [0.05, 0.1) is 7.11 Å². The Kier molecular flexibility index (Phi) is 7.65. The number of hydrogen-bond donors (Lipinski definition) is 2. The van der Waals surface area contributed by atoms with Crippen LogP contribution in [0.15, 0.2) is 48.5 Å². The lowest BCUT2D eigenvalue weighted by Crippen LogP contribution is -2.30. The molecule has 1 aromatic heterocycles. The molecule has 6 heteroatoms. The van der Waals surface area contributed by atoms with E-state index in [1.54, 1.807) is 19.2 Å². The molecule has 2 unspecified atom stereocenters. The maximum Gasteiger partial charge on any atom is 0.267 e. The number of methoxy groups -OCH3 is 1. The first-order valence-electron chi connectivity index (χ1n) is 12.0. The van der Waals surface area contributed by atoms with Crippen LogP contribution in [-0.2, 0) is 0 Å². The third-order valence-electron chi connectivity index (χ3n) is 6.51. The molecule has 5 nitrogen and oxygen atoms in total. The molecule has 1 fully saturated rings. The molecule has 0 radical (unpaired) electrons. The van der Waals surface area contributed by atoms with E-state index in [1.807, 2.05) is 30.3 Å². The van der Waals surface area contributed by atoms with Gasteiger partial charge in [0.1, 0.15) is 17.3 Å². The Bertz CT molecular complexity index is 1050. The van der Waals surface area contributed by atoms with Crippen molar-refractivity contribution in [3.05, 3.63) is 65.6 Å². The van der Waals surface area contributed by atoms with E-state index >= 15 is 0 Å². The predicted molar refractivity (Wildman–Crippen MR) is 130 cm³/mol. The average Bonchev–Trinajstić information content (AvgIpc) is 3.44. The fourth-order valence-corrected chi connectivity index (χ4v) is 4.72. The van der Waals surface area contributed by atoms with Gasteiger partial charge in [-0.1, -0.05) is 25.1 Å². The summed E-state index contributed by atoms with van der Waals surface area (Å²) in [6.07, 6.45) is 4.17. The van der Waals surface area contributed by atoms with Gasteiger partial charge in [-0.15, -0.1) is 0 Å². The summed E-state index contributed by atoms with van der Waals surface area (Å²) in [5.74, 6) is 1.47. The van der Waals surface area contributed by atoms with Gasteiger partial charge in [-0.2, -0.15) is 0 Å². The Balaban J connectivity index is 1.20.